The van der Waals surface area contributed by atoms with Crippen LogP contribution >= 0.6 is 0 Å². The zero-order valence-corrected chi connectivity index (χ0v) is 8.98. The van der Waals surface area contributed by atoms with Crippen molar-refractivity contribution in [1.29, 1.82) is 0 Å². The van der Waals surface area contributed by atoms with E-state index < -0.39 is 4.92 Å². The summed E-state index contributed by atoms with van der Waals surface area (Å²) in [7, 11) is 0. The number of aromatic nitrogens is 3. The Bertz CT molecular complexity index is 497. The van der Waals surface area contributed by atoms with E-state index in [1.165, 1.54) is 6.20 Å². The number of pyridine rings is 1. The SMILES string of the molecule is O=[N+]([O-])c1ncccc1NCCn1cccn1. The van der Waals surface area contributed by atoms with Gasteiger partial charge < -0.3 is 15.4 Å². The quantitative estimate of drug-likeness (QED) is 0.621. The minimum Gasteiger partial charge on any atom is -0.376 e. The maximum atomic E-state index is 10.7. The van der Waals surface area contributed by atoms with Gasteiger partial charge in [-0.3, -0.25) is 4.68 Å². The number of hydrogen-bond acceptors (Lipinski definition) is 5. The summed E-state index contributed by atoms with van der Waals surface area (Å²) in [6.45, 7) is 1.19. The second kappa shape index (κ2) is 5.06. The third kappa shape index (κ3) is 2.77. The molecule has 0 spiro atoms. The summed E-state index contributed by atoms with van der Waals surface area (Å²) >= 11 is 0. The zero-order chi connectivity index (χ0) is 12.1. The van der Waals surface area contributed by atoms with Gasteiger partial charge in [-0.2, -0.15) is 5.10 Å². The summed E-state index contributed by atoms with van der Waals surface area (Å²) in [5.74, 6) is -0.159. The Labute approximate surface area is 97.2 Å². The van der Waals surface area contributed by atoms with Gasteiger partial charge in [0.2, 0.25) is 0 Å². The van der Waals surface area contributed by atoms with Crippen LogP contribution in [0.3, 0.4) is 0 Å². The van der Waals surface area contributed by atoms with Crippen LogP contribution in [-0.2, 0) is 6.54 Å². The van der Waals surface area contributed by atoms with Gasteiger partial charge >= 0.3 is 5.82 Å². The van der Waals surface area contributed by atoms with Crippen LogP contribution in [0.4, 0.5) is 11.5 Å². The highest BCUT2D eigenvalue weighted by Gasteiger charge is 2.12. The van der Waals surface area contributed by atoms with E-state index in [9.17, 15) is 10.1 Å². The van der Waals surface area contributed by atoms with Crippen LogP contribution in [0.1, 0.15) is 0 Å². The molecule has 2 aromatic heterocycles. The number of nitrogens with one attached hydrogen (secondary N) is 1. The molecule has 0 saturated carbocycles. The van der Waals surface area contributed by atoms with E-state index in [4.69, 9.17) is 0 Å². The normalized spacial score (nSPS) is 10.1. The first kappa shape index (κ1) is 11.1. The van der Waals surface area contributed by atoms with Gasteiger partial charge in [0, 0.05) is 18.9 Å². The number of nitro groups is 1. The minimum absolute atomic E-state index is 0.159. The summed E-state index contributed by atoms with van der Waals surface area (Å²) in [5, 5.41) is 17.7. The Balaban J connectivity index is 1.97. The van der Waals surface area contributed by atoms with Crippen molar-refractivity contribution in [2.45, 2.75) is 6.54 Å². The maximum Gasteiger partial charge on any atom is 0.386 e. The summed E-state index contributed by atoms with van der Waals surface area (Å²) < 4.78 is 1.75. The Hall–Kier alpha value is -2.44. The third-order valence-electron chi connectivity index (χ3n) is 2.18. The maximum absolute atomic E-state index is 10.7. The Kier molecular flexibility index (Phi) is 3.29. The molecule has 0 amide bonds. The van der Waals surface area contributed by atoms with Gasteiger partial charge in [-0.1, -0.05) is 0 Å². The highest BCUT2D eigenvalue weighted by Crippen LogP contribution is 2.19. The van der Waals surface area contributed by atoms with Crippen molar-refractivity contribution < 1.29 is 4.92 Å². The number of nitrogens with zero attached hydrogens (tertiary/aromatic N) is 4. The zero-order valence-electron chi connectivity index (χ0n) is 8.98. The Morgan fingerprint density at radius 3 is 3.00 bits per heavy atom. The van der Waals surface area contributed by atoms with Gasteiger partial charge in [0.25, 0.3) is 0 Å². The van der Waals surface area contributed by atoms with Crippen molar-refractivity contribution in [1.82, 2.24) is 14.8 Å². The highest BCUT2D eigenvalue weighted by molar-refractivity contribution is 5.56. The average molecular weight is 233 g/mol. The molecule has 0 bridgehead atoms. The molecule has 17 heavy (non-hydrogen) atoms. The van der Waals surface area contributed by atoms with Crippen LogP contribution in [-0.4, -0.2) is 26.2 Å². The predicted octanol–water partition coefficient (Wildman–Crippen LogP) is 1.30. The van der Waals surface area contributed by atoms with Gasteiger partial charge in [-0.25, -0.2) is 0 Å². The molecule has 2 aromatic rings. The molecule has 0 unspecified atom stereocenters. The molecule has 0 aromatic carbocycles. The second-order valence-electron chi connectivity index (χ2n) is 3.33. The summed E-state index contributed by atoms with van der Waals surface area (Å²) in [6.07, 6.45) is 4.92. The van der Waals surface area contributed by atoms with Gasteiger partial charge in [-0.15, -0.1) is 0 Å². The van der Waals surface area contributed by atoms with Crippen LogP contribution < -0.4 is 5.32 Å². The van der Waals surface area contributed by atoms with Crippen molar-refractivity contribution >= 4 is 11.5 Å². The highest BCUT2D eigenvalue weighted by atomic mass is 16.6. The summed E-state index contributed by atoms with van der Waals surface area (Å²) in [6, 6.07) is 5.12. The fraction of sp³-hybridized carbons (Fsp3) is 0.200. The lowest BCUT2D eigenvalue weighted by molar-refractivity contribution is -0.388. The molecular formula is C10H11N5O2. The van der Waals surface area contributed by atoms with Crippen LogP contribution in [0.5, 0.6) is 0 Å². The summed E-state index contributed by atoms with van der Waals surface area (Å²) in [4.78, 5) is 13.9. The van der Waals surface area contributed by atoms with E-state index in [1.807, 2.05) is 12.3 Å². The molecule has 0 radical (unpaired) electrons. The molecule has 0 aliphatic rings. The monoisotopic (exact) mass is 233 g/mol. The lowest BCUT2D eigenvalue weighted by Gasteiger charge is -2.06. The van der Waals surface area contributed by atoms with E-state index >= 15 is 0 Å². The van der Waals surface area contributed by atoms with Gasteiger partial charge in [-0.05, 0) is 28.1 Å². The molecular weight excluding hydrogens is 222 g/mol. The smallest absolute Gasteiger partial charge is 0.376 e. The molecule has 2 heterocycles. The summed E-state index contributed by atoms with van der Waals surface area (Å²) in [5.41, 5.74) is 0.421. The molecule has 0 aliphatic carbocycles. The van der Waals surface area contributed by atoms with E-state index in [0.717, 1.165) is 0 Å². The largest absolute Gasteiger partial charge is 0.386 e. The van der Waals surface area contributed by atoms with Gasteiger partial charge in [0.1, 0.15) is 11.9 Å². The number of hydrogen-bond donors (Lipinski definition) is 1. The Morgan fingerprint density at radius 1 is 1.41 bits per heavy atom. The van der Waals surface area contributed by atoms with Crippen molar-refractivity contribution in [3.05, 3.63) is 46.9 Å². The van der Waals surface area contributed by atoms with Crippen molar-refractivity contribution in [3.8, 4) is 0 Å². The number of rotatable bonds is 5. The predicted molar refractivity (Wildman–Crippen MR) is 61.6 cm³/mol. The molecule has 0 atom stereocenters. The van der Waals surface area contributed by atoms with Crippen LogP contribution in [0.2, 0.25) is 0 Å². The molecule has 1 N–H and O–H groups in total. The first-order valence-electron chi connectivity index (χ1n) is 5.08. The standard InChI is InChI=1S/C10H11N5O2/c16-15(17)10-9(3-1-4-12-10)11-6-8-14-7-2-5-13-14/h1-5,7,11H,6,8H2. The van der Waals surface area contributed by atoms with Crippen molar-refractivity contribution in [3.63, 3.8) is 0 Å². The second-order valence-corrected chi connectivity index (χ2v) is 3.33. The molecule has 0 saturated heterocycles. The first-order valence-corrected chi connectivity index (χ1v) is 5.08. The molecule has 0 aliphatic heterocycles. The first-order chi connectivity index (χ1) is 8.27. The lowest BCUT2D eigenvalue weighted by atomic mass is 10.4. The molecule has 7 nitrogen and oxygen atoms in total. The van der Waals surface area contributed by atoms with Crippen LogP contribution in [0.15, 0.2) is 36.8 Å². The van der Waals surface area contributed by atoms with Gasteiger partial charge in [0.15, 0.2) is 0 Å². The Morgan fingerprint density at radius 2 is 2.29 bits per heavy atom. The topological polar surface area (TPSA) is 85.9 Å². The molecule has 88 valence electrons. The molecule has 0 fully saturated rings. The van der Waals surface area contributed by atoms with Crippen molar-refractivity contribution in [2.75, 3.05) is 11.9 Å². The van der Waals surface area contributed by atoms with E-state index in [-0.39, 0.29) is 5.82 Å². The fourth-order valence-corrected chi connectivity index (χ4v) is 1.42. The minimum atomic E-state index is -0.504. The van der Waals surface area contributed by atoms with Gasteiger partial charge in [0.05, 0.1) is 6.54 Å². The molecule has 7 heteroatoms. The van der Waals surface area contributed by atoms with E-state index in [2.05, 4.69) is 15.4 Å². The third-order valence-corrected chi connectivity index (χ3v) is 2.18. The van der Waals surface area contributed by atoms with Crippen molar-refractivity contribution in [2.24, 2.45) is 0 Å². The van der Waals surface area contributed by atoms with E-state index in [0.29, 0.717) is 18.8 Å². The average Bonchev–Trinajstić information content (AvgIpc) is 2.82. The van der Waals surface area contributed by atoms with E-state index in [1.54, 1.807) is 23.0 Å². The van der Waals surface area contributed by atoms with Crippen LogP contribution in [0.25, 0.3) is 0 Å². The lowest BCUT2D eigenvalue weighted by Crippen LogP contribution is -2.12. The van der Waals surface area contributed by atoms with Crippen LogP contribution in [0, 0.1) is 10.1 Å². The number of anilines is 1. The fourth-order valence-electron chi connectivity index (χ4n) is 1.42. The molecule has 2 rings (SSSR count).